The molecule has 3 aromatic carbocycles. The number of carbonyl (C=O) groups is 2. The van der Waals surface area contributed by atoms with Gasteiger partial charge in [-0.3, -0.25) is 0 Å². The lowest BCUT2D eigenvalue weighted by molar-refractivity contribution is -0.137. The van der Waals surface area contributed by atoms with Crippen molar-refractivity contribution < 1.29 is 28.5 Å². The first-order valence-corrected chi connectivity index (χ1v) is 17.0. The van der Waals surface area contributed by atoms with E-state index < -0.39 is 0 Å². The molecule has 0 aliphatic heterocycles. The number of benzene rings is 3. The van der Waals surface area contributed by atoms with Crippen molar-refractivity contribution in [2.75, 3.05) is 26.4 Å². The number of hydrogen-bond donors (Lipinski definition) is 0. The van der Waals surface area contributed by atoms with Gasteiger partial charge < -0.3 is 18.9 Å². The molecule has 0 saturated heterocycles. The van der Waals surface area contributed by atoms with Crippen LogP contribution in [0.1, 0.15) is 109 Å². The zero-order valence-electron chi connectivity index (χ0n) is 27.6. The number of rotatable bonds is 18. The Hall–Kier alpha value is -4.06. The maximum absolute atomic E-state index is 12.2. The summed E-state index contributed by atoms with van der Waals surface area (Å²) in [4.78, 5) is 24.3. The standard InChI is InChI=1S/C40H50O6/c1-31-28-32(2)30-36(29-31)40(42)46-27-9-4-3-8-24-43-37-19-14-33(15-20-37)16-23-39(41)45-26-11-10-25-44-38-21-17-35(18-22-38)34-12-6-5-7-13-34/h14-23,28-30,34H,3-13,24-27H2,1-2H3/b23-16+. The van der Waals surface area contributed by atoms with Gasteiger partial charge in [0, 0.05) is 6.08 Å². The van der Waals surface area contributed by atoms with E-state index in [1.165, 1.54) is 43.7 Å². The van der Waals surface area contributed by atoms with Gasteiger partial charge in [-0.25, -0.2) is 9.59 Å². The highest BCUT2D eigenvalue weighted by molar-refractivity contribution is 5.89. The maximum atomic E-state index is 12.2. The van der Waals surface area contributed by atoms with Gasteiger partial charge in [-0.1, -0.05) is 60.7 Å². The second-order valence-electron chi connectivity index (χ2n) is 12.3. The predicted molar refractivity (Wildman–Crippen MR) is 184 cm³/mol. The second kappa shape index (κ2) is 19.5. The number of aryl methyl sites for hydroxylation is 2. The van der Waals surface area contributed by atoms with E-state index in [0.717, 1.165) is 66.7 Å². The van der Waals surface area contributed by atoms with E-state index in [-0.39, 0.29) is 11.9 Å². The summed E-state index contributed by atoms with van der Waals surface area (Å²) < 4.78 is 22.5. The summed E-state index contributed by atoms with van der Waals surface area (Å²) in [7, 11) is 0. The summed E-state index contributed by atoms with van der Waals surface area (Å²) in [6.07, 6.45) is 15.2. The first kappa shape index (κ1) is 34.8. The number of esters is 2. The Kier molecular flexibility index (Phi) is 14.7. The van der Waals surface area contributed by atoms with Crippen LogP contribution in [0.3, 0.4) is 0 Å². The fourth-order valence-electron chi connectivity index (χ4n) is 5.82. The SMILES string of the molecule is Cc1cc(C)cc(C(=O)OCCCCCCOc2ccc(/C=C/C(=O)OCCCCOc3ccc(C4CCCCC4)cc3)cc2)c1. The number of carbonyl (C=O) groups excluding carboxylic acids is 2. The summed E-state index contributed by atoms with van der Waals surface area (Å²) >= 11 is 0. The summed E-state index contributed by atoms with van der Waals surface area (Å²) in [6, 6.07) is 22.0. The molecule has 46 heavy (non-hydrogen) atoms. The molecule has 0 bridgehead atoms. The van der Waals surface area contributed by atoms with Gasteiger partial charge in [-0.05, 0) is 125 Å². The summed E-state index contributed by atoms with van der Waals surface area (Å²) in [6.45, 7) is 6.00. The molecule has 0 aromatic heterocycles. The smallest absolute Gasteiger partial charge is 0.338 e. The molecule has 6 heteroatoms. The van der Waals surface area contributed by atoms with Crippen LogP contribution in [0.4, 0.5) is 0 Å². The lowest BCUT2D eigenvalue weighted by atomic mass is 9.84. The molecule has 0 atom stereocenters. The highest BCUT2D eigenvalue weighted by Crippen LogP contribution is 2.33. The van der Waals surface area contributed by atoms with Gasteiger partial charge in [0.25, 0.3) is 0 Å². The molecule has 3 aromatic rings. The molecule has 1 aliphatic carbocycles. The van der Waals surface area contributed by atoms with Gasteiger partial charge in [0.15, 0.2) is 0 Å². The fourth-order valence-corrected chi connectivity index (χ4v) is 5.82. The highest BCUT2D eigenvalue weighted by Gasteiger charge is 2.15. The third kappa shape index (κ3) is 12.7. The Morgan fingerprint density at radius 2 is 1.20 bits per heavy atom. The molecule has 6 nitrogen and oxygen atoms in total. The quantitative estimate of drug-likeness (QED) is 0.0796. The van der Waals surface area contributed by atoms with E-state index in [4.69, 9.17) is 18.9 Å². The van der Waals surface area contributed by atoms with Crippen LogP contribution in [-0.4, -0.2) is 38.4 Å². The van der Waals surface area contributed by atoms with Gasteiger partial charge in [-0.15, -0.1) is 0 Å². The zero-order chi connectivity index (χ0) is 32.4. The molecular weight excluding hydrogens is 576 g/mol. The molecular formula is C40H50O6. The minimum absolute atomic E-state index is 0.256. The third-order valence-electron chi connectivity index (χ3n) is 8.30. The summed E-state index contributed by atoms with van der Waals surface area (Å²) in [5, 5.41) is 0. The minimum Gasteiger partial charge on any atom is -0.494 e. The van der Waals surface area contributed by atoms with Gasteiger partial charge in [0.1, 0.15) is 11.5 Å². The predicted octanol–water partition coefficient (Wildman–Crippen LogP) is 9.56. The number of ether oxygens (including phenoxy) is 4. The van der Waals surface area contributed by atoms with Crippen LogP contribution in [0.2, 0.25) is 0 Å². The number of unbranched alkanes of at least 4 members (excludes halogenated alkanes) is 4. The van der Waals surface area contributed by atoms with Crippen LogP contribution in [0.25, 0.3) is 6.08 Å². The van der Waals surface area contributed by atoms with Crippen LogP contribution in [-0.2, 0) is 14.3 Å². The van der Waals surface area contributed by atoms with Crippen molar-refractivity contribution in [1.82, 2.24) is 0 Å². The van der Waals surface area contributed by atoms with E-state index >= 15 is 0 Å². The molecule has 0 unspecified atom stereocenters. The normalized spacial score (nSPS) is 13.4. The zero-order valence-corrected chi connectivity index (χ0v) is 27.6. The van der Waals surface area contributed by atoms with Gasteiger partial charge in [0.05, 0.1) is 32.0 Å². The van der Waals surface area contributed by atoms with Crippen molar-refractivity contribution in [2.45, 2.75) is 90.4 Å². The lowest BCUT2D eigenvalue weighted by Gasteiger charge is -2.22. The Bertz CT molecular complexity index is 1350. The van der Waals surface area contributed by atoms with Crippen molar-refractivity contribution in [1.29, 1.82) is 0 Å². The lowest BCUT2D eigenvalue weighted by Crippen LogP contribution is -2.07. The van der Waals surface area contributed by atoms with Crippen molar-refractivity contribution in [3.63, 3.8) is 0 Å². The monoisotopic (exact) mass is 626 g/mol. The van der Waals surface area contributed by atoms with Crippen molar-refractivity contribution in [3.05, 3.63) is 101 Å². The first-order chi connectivity index (χ1) is 22.5. The van der Waals surface area contributed by atoms with Crippen LogP contribution >= 0.6 is 0 Å². The number of hydrogen-bond acceptors (Lipinski definition) is 6. The van der Waals surface area contributed by atoms with Crippen LogP contribution < -0.4 is 9.47 Å². The van der Waals surface area contributed by atoms with Crippen LogP contribution in [0.5, 0.6) is 11.5 Å². The average Bonchev–Trinajstić information content (AvgIpc) is 3.07. The summed E-state index contributed by atoms with van der Waals surface area (Å²) in [5.41, 5.74) is 5.08. The first-order valence-electron chi connectivity index (χ1n) is 17.0. The van der Waals surface area contributed by atoms with E-state index in [9.17, 15) is 9.59 Å². The second-order valence-corrected chi connectivity index (χ2v) is 12.3. The minimum atomic E-state index is -0.348. The topological polar surface area (TPSA) is 71.1 Å². The summed E-state index contributed by atoms with van der Waals surface area (Å²) in [5.74, 6) is 1.80. The Morgan fingerprint density at radius 3 is 1.85 bits per heavy atom. The van der Waals surface area contributed by atoms with E-state index in [1.54, 1.807) is 6.08 Å². The Labute approximate surface area is 275 Å². The van der Waals surface area contributed by atoms with Crippen LogP contribution in [0, 0.1) is 13.8 Å². The van der Waals surface area contributed by atoms with E-state index in [1.807, 2.05) is 56.3 Å². The third-order valence-corrected chi connectivity index (χ3v) is 8.30. The molecule has 0 heterocycles. The average molecular weight is 627 g/mol. The molecule has 4 rings (SSSR count). The maximum Gasteiger partial charge on any atom is 0.338 e. The van der Waals surface area contributed by atoms with Gasteiger partial charge in [0.2, 0.25) is 0 Å². The van der Waals surface area contributed by atoms with Crippen molar-refractivity contribution in [3.8, 4) is 11.5 Å². The van der Waals surface area contributed by atoms with Gasteiger partial charge >= 0.3 is 11.9 Å². The van der Waals surface area contributed by atoms with E-state index in [2.05, 4.69) is 24.3 Å². The molecule has 0 N–H and O–H groups in total. The largest absolute Gasteiger partial charge is 0.494 e. The van der Waals surface area contributed by atoms with Gasteiger partial charge in [-0.2, -0.15) is 0 Å². The Morgan fingerprint density at radius 1 is 0.652 bits per heavy atom. The molecule has 0 amide bonds. The molecule has 1 aliphatic rings. The molecule has 1 saturated carbocycles. The highest BCUT2D eigenvalue weighted by atomic mass is 16.5. The fraction of sp³-hybridized carbons (Fsp3) is 0.450. The Balaban J connectivity index is 0.990. The molecule has 0 radical (unpaired) electrons. The van der Waals surface area contributed by atoms with Crippen LogP contribution in [0.15, 0.2) is 72.8 Å². The van der Waals surface area contributed by atoms with Crippen molar-refractivity contribution in [2.24, 2.45) is 0 Å². The molecule has 246 valence electrons. The molecule has 0 spiro atoms. The van der Waals surface area contributed by atoms with E-state index in [0.29, 0.717) is 37.9 Å². The van der Waals surface area contributed by atoms with Crippen molar-refractivity contribution >= 4 is 18.0 Å². The molecule has 1 fully saturated rings.